The van der Waals surface area contributed by atoms with Crippen LogP contribution in [0, 0.1) is 6.92 Å². The molecule has 0 aliphatic rings. The molecule has 0 fully saturated rings. The molecule has 0 unspecified atom stereocenters. The lowest BCUT2D eigenvalue weighted by molar-refractivity contribution is -0.123. The highest BCUT2D eigenvalue weighted by Gasteiger charge is 2.16. The Morgan fingerprint density at radius 1 is 1.19 bits per heavy atom. The van der Waals surface area contributed by atoms with Crippen LogP contribution in [0.2, 0.25) is 0 Å². The van der Waals surface area contributed by atoms with Crippen molar-refractivity contribution in [2.75, 3.05) is 6.61 Å². The van der Waals surface area contributed by atoms with Crippen LogP contribution in [0.25, 0.3) is 11.3 Å². The number of benzene rings is 1. The molecule has 2 heterocycles. The first-order chi connectivity index (χ1) is 12.5. The number of nitrogens with one attached hydrogen (secondary N) is 2. The third kappa shape index (κ3) is 4.22. The smallest absolute Gasteiger partial charge is 0.356 e. The van der Waals surface area contributed by atoms with Gasteiger partial charge in [-0.2, -0.15) is 5.10 Å². The number of hydrogen-bond donors (Lipinski definition) is 2. The zero-order valence-electron chi connectivity index (χ0n) is 13.8. The van der Waals surface area contributed by atoms with Crippen molar-refractivity contribution in [1.29, 1.82) is 0 Å². The van der Waals surface area contributed by atoms with Crippen molar-refractivity contribution in [3.05, 3.63) is 64.0 Å². The van der Waals surface area contributed by atoms with E-state index in [1.54, 1.807) is 23.6 Å². The first-order valence-corrected chi connectivity index (χ1v) is 8.58. The average molecular weight is 369 g/mol. The minimum absolute atomic E-state index is 0.123. The van der Waals surface area contributed by atoms with Crippen LogP contribution in [-0.2, 0) is 9.53 Å². The number of rotatable bonds is 5. The number of thiophene rings is 1. The SMILES string of the molecule is Cc1ccc(-c2cc(C(=O)OCC(=O)NC(=O)c3cccs3)[nH]n2)cc1. The first kappa shape index (κ1) is 17.6. The van der Waals surface area contributed by atoms with Gasteiger partial charge in [-0.15, -0.1) is 11.3 Å². The summed E-state index contributed by atoms with van der Waals surface area (Å²) >= 11 is 1.21. The predicted octanol–water partition coefficient (Wildman–Crippen LogP) is 2.56. The lowest BCUT2D eigenvalue weighted by Gasteiger charge is -2.03. The van der Waals surface area contributed by atoms with Gasteiger partial charge in [-0.05, 0) is 24.4 Å². The standard InChI is InChI=1S/C18H15N3O4S/c1-11-4-6-12(7-5-11)13-9-14(21-20-13)18(24)25-10-16(22)19-17(23)15-3-2-8-26-15/h2-9H,10H2,1H3,(H,20,21)(H,19,22,23). The molecule has 2 N–H and O–H groups in total. The van der Waals surface area contributed by atoms with Gasteiger partial charge in [0.1, 0.15) is 5.69 Å². The van der Waals surface area contributed by atoms with Gasteiger partial charge in [0.2, 0.25) is 0 Å². The summed E-state index contributed by atoms with van der Waals surface area (Å²) < 4.78 is 4.91. The third-order valence-electron chi connectivity index (χ3n) is 3.48. The second-order valence-electron chi connectivity index (χ2n) is 5.46. The van der Waals surface area contributed by atoms with E-state index >= 15 is 0 Å². The van der Waals surface area contributed by atoms with Crippen LogP contribution in [0.5, 0.6) is 0 Å². The van der Waals surface area contributed by atoms with Gasteiger partial charge in [-0.3, -0.25) is 20.0 Å². The van der Waals surface area contributed by atoms with Gasteiger partial charge in [0.25, 0.3) is 11.8 Å². The van der Waals surface area contributed by atoms with Crippen molar-refractivity contribution in [3.8, 4) is 11.3 Å². The number of hydrogen-bond acceptors (Lipinski definition) is 6. The molecule has 0 atom stereocenters. The molecule has 132 valence electrons. The largest absolute Gasteiger partial charge is 0.451 e. The van der Waals surface area contributed by atoms with E-state index in [9.17, 15) is 14.4 Å². The van der Waals surface area contributed by atoms with Gasteiger partial charge in [0.15, 0.2) is 6.61 Å². The number of esters is 1. The van der Waals surface area contributed by atoms with Gasteiger partial charge in [0.05, 0.1) is 10.6 Å². The fourth-order valence-corrected chi connectivity index (χ4v) is 2.76. The molecule has 8 heteroatoms. The molecular formula is C18H15N3O4S. The second-order valence-corrected chi connectivity index (χ2v) is 6.41. The summed E-state index contributed by atoms with van der Waals surface area (Å²) in [7, 11) is 0. The number of nitrogens with zero attached hydrogens (tertiary/aromatic N) is 1. The molecule has 0 aliphatic heterocycles. The van der Waals surface area contributed by atoms with E-state index < -0.39 is 24.4 Å². The maximum absolute atomic E-state index is 12.0. The van der Waals surface area contributed by atoms with Gasteiger partial charge >= 0.3 is 5.97 Å². The van der Waals surface area contributed by atoms with E-state index in [-0.39, 0.29) is 5.69 Å². The maximum Gasteiger partial charge on any atom is 0.356 e. The Labute approximate surface area is 153 Å². The van der Waals surface area contributed by atoms with E-state index in [4.69, 9.17) is 4.74 Å². The minimum Gasteiger partial charge on any atom is -0.451 e. The van der Waals surface area contributed by atoms with E-state index in [0.29, 0.717) is 10.6 Å². The number of carbonyl (C=O) groups excluding carboxylic acids is 3. The van der Waals surface area contributed by atoms with E-state index in [1.165, 1.54) is 11.3 Å². The van der Waals surface area contributed by atoms with Crippen molar-refractivity contribution in [1.82, 2.24) is 15.5 Å². The Hall–Kier alpha value is -3.26. The normalized spacial score (nSPS) is 10.3. The first-order valence-electron chi connectivity index (χ1n) is 7.70. The predicted molar refractivity (Wildman–Crippen MR) is 95.8 cm³/mol. The van der Waals surface area contributed by atoms with Crippen LogP contribution in [0.4, 0.5) is 0 Å². The van der Waals surface area contributed by atoms with Crippen molar-refractivity contribution in [2.45, 2.75) is 6.92 Å². The van der Waals surface area contributed by atoms with Gasteiger partial charge in [-0.1, -0.05) is 35.9 Å². The number of amides is 2. The number of aromatic amines is 1. The molecule has 3 rings (SSSR count). The van der Waals surface area contributed by atoms with Crippen LogP contribution in [0.1, 0.15) is 25.7 Å². The molecule has 0 spiro atoms. The molecule has 2 aromatic heterocycles. The number of aryl methyl sites for hydroxylation is 1. The molecule has 0 saturated carbocycles. The summed E-state index contributed by atoms with van der Waals surface area (Å²) in [6.07, 6.45) is 0. The summed E-state index contributed by atoms with van der Waals surface area (Å²) in [6, 6.07) is 12.5. The summed E-state index contributed by atoms with van der Waals surface area (Å²) in [5, 5.41) is 10.5. The zero-order valence-corrected chi connectivity index (χ0v) is 14.6. The molecule has 0 saturated heterocycles. The number of carbonyl (C=O) groups is 3. The van der Waals surface area contributed by atoms with Gasteiger partial charge < -0.3 is 4.74 Å². The highest BCUT2D eigenvalue weighted by Crippen LogP contribution is 2.18. The number of ether oxygens (including phenoxy) is 1. The van der Waals surface area contributed by atoms with Crippen LogP contribution in [0.3, 0.4) is 0 Å². The molecule has 26 heavy (non-hydrogen) atoms. The van der Waals surface area contributed by atoms with E-state index in [1.807, 2.05) is 31.2 Å². The Bertz CT molecular complexity index is 930. The molecule has 0 bridgehead atoms. The Kier molecular flexibility index (Phi) is 5.23. The molecule has 7 nitrogen and oxygen atoms in total. The van der Waals surface area contributed by atoms with Crippen molar-refractivity contribution >= 4 is 29.1 Å². The lowest BCUT2D eigenvalue weighted by atomic mass is 10.1. The molecule has 1 aromatic carbocycles. The van der Waals surface area contributed by atoms with Crippen LogP contribution < -0.4 is 5.32 Å². The summed E-state index contributed by atoms with van der Waals surface area (Å²) in [5.74, 6) is -1.95. The van der Waals surface area contributed by atoms with Crippen molar-refractivity contribution in [2.24, 2.45) is 0 Å². The average Bonchev–Trinajstić information content (AvgIpc) is 3.32. The number of H-pyrrole nitrogens is 1. The maximum atomic E-state index is 12.0. The Morgan fingerprint density at radius 2 is 1.96 bits per heavy atom. The summed E-state index contributed by atoms with van der Waals surface area (Å²) in [4.78, 5) is 35.9. The fraction of sp³-hybridized carbons (Fsp3) is 0.111. The highest BCUT2D eigenvalue weighted by atomic mass is 32.1. The Morgan fingerprint density at radius 3 is 2.65 bits per heavy atom. The second kappa shape index (κ2) is 7.75. The van der Waals surface area contributed by atoms with Crippen LogP contribution >= 0.6 is 11.3 Å². The quantitative estimate of drug-likeness (QED) is 0.673. The Balaban J connectivity index is 1.54. The molecule has 0 aliphatic carbocycles. The number of aromatic nitrogens is 2. The molecule has 3 aromatic rings. The van der Waals surface area contributed by atoms with E-state index in [0.717, 1.165) is 11.1 Å². The van der Waals surface area contributed by atoms with Gasteiger partial charge in [0, 0.05) is 5.56 Å². The molecule has 2 amide bonds. The topological polar surface area (TPSA) is 101 Å². The summed E-state index contributed by atoms with van der Waals surface area (Å²) in [5.41, 5.74) is 2.68. The minimum atomic E-state index is -0.727. The number of imide groups is 1. The van der Waals surface area contributed by atoms with Crippen molar-refractivity contribution in [3.63, 3.8) is 0 Å². The van der Waals surface area contributed by atoms with E-state index in [2.05, 4.69) is 15.5 Å². The van der Waals surface area contributed by atoms with Crippen molar-refractivity contribution < 1.29 is 19.1 Å². The van der Waals surface area contributed by atoms with Crippen LogP contribution in [-0.4, -0.2) is 34.6 Å². The fourth-order valence-electron chi connectivity index (χ4n) is 2.14. The van der Waals surface area contributed by atoms with Gasteiger partial charge in [-0.25, -0.2) is 4.79 Å². The third-order valence-corrected chi connectivity index (χ3v) is 4.35. The zero-order chi connectivity index (χ0) is 18.5. The highest BCUT2D eigenvalue weighted by molar-refractivity contribution is 7.12. The molecule has 0 radical (unpaired) electrons. The van der Waals surface area contributed by atoms with Crippen LogP contribution in [0.15, 0.2) is 47.8 Å². The molecular weight excluding hydrogens is 354 g/mol. The lowest BCUT2D eigenvalue weighted by Crippen LogP contribution is -2.33. The summed E-state index contributed by atoms with van der Waals surface area (Å²) in [6.45, 7) is 1.42. The monoisotopic (exact) mass is 369 g/mol.